The topological polar surface area (TPSA) is 50.4 Å². The van der Waals surface area contributed by atoms with Gasteiger partial charge in [-0.25, -0.2) is 0 Å². The fraction of sp³-hybridized carbons (Fsp3) is 0.316. The van der Waals surface area contributed by atoms with Crippen LogP contribution in [0, 0.1) is 0 Å². The zero-order chi connectivity index (χ0) is 16.8. The van der Waals surface area contributed by atoms with Gasteiger partial charge < -0.3 is 15.4 Å². The van der Waals surface area contributed by atoms with Gasteiger partial charge >= 0.3 is 0 Å². The number of ether oxygens (including phenoxy) is 1. The van der Waals surface area contributed by atoms with Crippen molar-refractivity contribution in [3.05, 3.63) is 65.2 Å². The summed E-state index contributed by atoms with van der Waals surface area (Å²) in [7, 11) is 0. The Morgan fingerprint density at radius 1 is 1.21 bits per heavy atom. The number of rotatable bonds is 6. The smallest absolute Gasteiger partial charge is 0.265 e. The van der Waals surface area contributed by atoms with Crippen molar-refractivity contribution in [2.24, 2.45) is 0 Å². The summed E-state index contributed by atoms with van der Waals surface area (Å²) in [6.45, 7) is 1.63. The molecule has 4 nitrogen and oxygen atoms in total. The summed E-state index contributed by atoms with van der Waals surface area (Å²) in [4.78, 5) is 12.7. The third kappa shape index (κ3) is 4.49. The van der Waals surface area contributed by atoms with Gasteiger partial charge in [0.1, 0.15) is 5.75 Å². The molecule has 0 spiro atoms. The first-order valence-corrected chi connectivity index (χ1v) is 8.58. The molecule has 1 aliphatic heterocycles. The lowest BCUT2D eigenvalue weighted by atomic mass is 10.1. The number of benzene rings is 2. The van der Waals surface area contributed by atoms with Crippen molar-refractivity contribution in [2.75, 3.05) is 13.1 Å². The van der Waals surface area contributed by atoms with Crippen LogP contribution in [0.15, 0.2) is 54.6 Å². The zero-order valence-electron chi connectivity index (χ0n) is 13.4. The molecule has 0 radical (unpaired) electrons. The van der Waals surface area contributed by atoms with Crippen LogP contribution in [0.5, 0.6) is 5.75 Å². The van der Waals surface area contributed by atoms with Crippen molar-refractivity contribution >= 4 is 17.5 Å². The Bertz CT molecular complexity index is 655. The summed E-state index contributed by atoms with van der Waals surface area (Å²) in [5.74, 6) is 0.479. The SMILES string of the molecule is O=C(NCC1CCCN1)C(Oc1ccc(Cl)cc1)c1ccccc1. The Hall–Kier alpha value is -2.04. The lowest BCUT2D eigenvalue weighted by molar-refractivity contribution is -0.128. The van der Waals surface area contributed by atoms with Crippen LogP contribution < -0.4 is 15.4 Å². The van der Waals surface area contributed by atoms with Gasteiger partial charge in [0.2, 0.25) is 6.10 Å². The molecule has 0 aliphatic carbocycles. The van der Waals surface area contributed by atoms with Gasteiger partial charge in [-0.3, -0.25) is 4.79 Å². The molecule has 1 fully saturated rings. The number of hydrogen-bond donors (Lipinski definition) is 2. The average Bonchev–Trinajstić information content (AvgIpc) is 3.13. The molecule has 5 heteroatoms. The van der Waals surface area contributed by atoms with E-state index in [1.54, 1.807) is 24.3 Å². The fourth-order valence-electron chi connectivity index (χ4n) is 2.80. The second-order valence-electron chi connectivity index (χ2n) is 5.90. The Balaban J connectivity index is 1.71. The molecular weight excluding hydrogens is 324 g/mol. The van der Waals surface area contributed by atoms with E-state index in [0.717, 1.165) is 24.9 Å². The highest BCUT2D eigenvalue weighted by Gasteiger charge is 2.24. The number of amides is 1. The largest absolute Gasteiger partial charge is 0.476 e. The maximum Gasteiger partial charge on any atom is 0.265 e. The van der Waals surface area contributed by atoms with E-state index >= 15 is 0 Å². The van der Waals surface area contributed by atoms with Crippen LogP contribution in [0.2, 0.25) is 5.02 Å². The Morgan fingerprint density at radius 2 is 1.96 bits per heavy atom. The van der Waals surface area contributed by atoms with E-state index in [1.165, 1.54) is 0 Å². The van der Waals surface area contributed by atoms with Crippen LogP contribution in [-0.2, 0) is 4.79 Å². The van der Waals surface area contributed by atoms with Crippen molar-refractivity contribution in [1.29, 1.82) is 0 Å². The van der Waals surface area contributed by atoms with E-state index in [2.05, 4.69) is 10.6 Å². The zero-order valence-corrected chi connectivity index (χ0v) is 14.1. The summed E-state index contributed by atoms with van der Waals surface area (Å²) >= 11 is 5.91. The summed E-state index contributed by atoms with van der Waals surface area (Å²) in [5, 5.41) is 7.01. The summed E-state index contributed by atoms with van der Waals surface area (Å²) in [5.41, 5.74) is 0.823. The first-order chi connectivity index (χ1) is 11.7. The molecule has 126 valence electrons. The normalized spacial score (nSPS) is 18.1. The van der Waals surface area contributed by atoms with Crippen LogP contribution in [0.1, 0.15) is 24.5 Å². The van der Waals surface area contributed by atoms with Crippen LogP contribution in [-0.4, -0.2) is 25.0 Å². The fourth-order valence-corrected chi connectivity index (χ4v) is 2.92. The second-order valence-corrected chi connectivity index (χ2v) is 6.34. The minimum Gasteiger partial charge on any atom is -0.476 e. The molecule has 2 N–H and O–H groups in total. The van der Waals surface area contributed by atoms with E-state index in [9.17, 15) is 4.79 Å². The standard InChI is InChI=1S/C19H21ClN2O2/c20-15-8-10-17(11-9-15)24-18(14-5-2-1-3-6-14)19(23)22-13-16-7-4-12-21-16/h1-3,5-6,8-11,16,18,21H,4,7,12-13H2,(H,22,23). The van der Waals surface area contributed by atoms with Gasteiger partial charge in [-0.05, 0) is 43.7 Å². The number of halogens is 1. The van der Waals surface area contributed by atoms with E-state index in [-0.39, 0.29) is 5.91 Å². The summed E-state index contributed by atoms with van der Waals surface area (Å²) in [6, 6.07) is 16.9. The molecule has 1 heterocycles. The summed E-state index contributed by atoms with van der Waals surface area (Å²) < 4.78 is 5.94. The van der Waals surface area contributed by atoms with E-state index in [1.807, 2.05) is 30.3 Å². The van der Waals surface area contributed by atoms with E-state index in [4.69, 9.17) is 16.3 Å². The number of nitrogens with one attached hydrogen (secondary N) is 2. The maximum absolute atomic E-state index is 12.7. The highest BCUT2D eigenvalue weighted by molar-refractivity contribution is 6.30. The molecule has 2 unspecified atom stereocenters. The molecule has 1 saturated heterocycles. The van der Waals surface area contributed by atoms with Gasteiger partial charge in [0.25, 0.3) is 5.91 Å². The number of carbonyl (C=O) groups is 1. The molecule has 2 aromatic rings. The molecule has 24 heavy (non-hydrogen) atoms. The molecule has 3 rings (SSSR count). The molecule has 0 aromatic heterocycles. The Morgan fingerprint density at radius 3 is 2.62 bits per heavy atom. The molecule has 1 aliphatic rings. The monoisotopic (exact) mass is 344 g/mol. The lowest BCUT2D eigenvalue weighted by Gasteiger charge is -2.20. The predicted octanol–water partition coefficient (Wildman–Crippen LogP) is 3.33. The van der Waals surface area contributed by atoms with Crippen molar-refractivity contribution in [1.82, 2.24) is 10.6 Å². The van der Waals surface area contributed by atoms with Gasteiger partial charge in [-0.2, -0.15) is 0 Å². The molecule has 0 bridgehead atoms. The van der Waals surface area contributed by atoms with Crippen molar-refractivity contribution in [3.63, 3.8) is 0 Å². The van der Waals surface area contributed by atoms with Gasteiger partial charge in [-0.1, -0.05) is 41.9 Å². The molecule has 1 amide bonds. The third-order valence-corrected chi connectivity index (χ3v) is 4.35. The third-order valence-electron chi connectivity index (χ3n) is 4.09. The Kier molecular flexibility index (Phi) is 5.72. The average molecular weight is 345 g/mol. The van der Waals surface area contributed by atoms with Crippen LogP contribution >= 0.6 is 11.6 Å². The van der Waals surface area contributed by atoms with Crippen LogP contribution in [0.4, 0.5) is 0 Å². The van der Waals surface area contributed by atoms with Crippen molar-refractivity contribution < 1.29 is 9.53 Å². The Labute approximate surface area is 147 Å². The predicted molar refractivity (Wildman–Crippen MR) is 95.3 cm³/mol. The van der Waals surface area contributed by atoms with Gasteiger partial charge in [-0.15, -0.1) is 0 Å². The van der Waals surface area contributed by atoms with Gasteiger partial charge in [0.15, 0.2) is 0 Å². The summed E-state index contributed by atoms with van der Waals surface area (Å²) in [6.07, 6.45) is 1.56. The number of hydrogen-bond acceptors (Lipinski definition) is 3. The molecule has 0 saturated carbocycles. The second kappa shape index (κ2) is 8.18. The van der Waals surface area contributed by atoms with Crippen LogP contribution in [0.3, 0.4) is 0 Å². The molecule has 2 atom stereocenters. The van der Waals surface area contributed by atoms with Crippen LogP contribution in [0.25, 0.3) is 0 Å². The number of carbonyl (C=O) groups excluding carboxylic acids is 1. The van der Waals surface area contributed by atoms with E-state index in [0.29, 0.717) is 23.4 Å². The molecular formula is C19H21ClN2O2. The van der Waals surface area contributed by atoms with E-state index < -0.39 is 6.10 Å². The minimum absolute atomic E-state index is 0.134. The highest BCUT2D eigenvalue weighted by Crippen LogP contribution is 2.24. The minimum atomic E-state index is -0.686. The molecule has 2 aromatic carbocycles. The highest BCUT2D eigenvalue weighted by atomic mass is 35.5. The quantitative estimate of drug-likeness (QED) is 0.845. The van der Waals surface area contributed by atoms with Crippen molar-refractivity contribution in [2.45, 2.75) is 25.0 Å². The maximum atomic E-state index is 12.7. The first kappa shape index (κ1) is 16.8. The first-order valence-electron chi connectivity index (χ1n) is 8.20. The van der Waals surface area contributed by atoms with Gasteiger partial charge in [0, 0.05) is 23.2 Å². The van der Waals surface area contributed by atoms with Crippen molar-refractivity contribution in [3.8, 4) is 5.75 Å². The lowest BCUT2D eigenvalue weighted by Crippen LogP contribution is -2.40. The van der Waals surface area contributed by atoms with Gasteiger partial charge in [0.05, 0.1) is 0 Å².